The quantitative estimate of drug-likeness (QED) is 0.256. The van der Waals surface area contributed by atoms with E-state index in [4.69, 9.17) is 4.74 Å². The molecule has 6 heteroatoms. The number of hydrogen-bond acceptors (Lipinski definition) is 5. The van der Waals surface area contributed by atoms with Crippen LogP contribution in [0.3, 0.4) is 0 Å². The number of aromatic nitrogens is 1. The van der Waals surface area contributed by atoms with E-state index in [2.05, 4.69) is 75.4 Å². The van der Waals surface area contributed by atoms with Gasteiger partial charge in [0, 0.05) is 44.3 Å². The van der Waals surface area contributed by atoms with Crippen molar-refractivity contribution in [2.75, 3.05) is 52.9 Å². The van der Waals surface area contributed by atoms with Crippen LogP contribution < -0.4 is 4.74 Å². The van der Waals surface area contributed by atoms with E-state index in [-0.39, 0.29) is 19.4 Å². The summed E-state index contributed by atoms with van der Waals surface area (Å²) in [7, 11) is 2.01. The van der Waals surface area contributed by atoms with Gasteiger partial charge in [0.15, 0.2) is 0 Å². The highest BCUT2D eigenvalue weighted by molar-refractivity contribution is 5.84. The lowest BCUT2D eigenvalue weighted by Crippen LogP contribution is -2.51. The zero-order valence-corrected chi connectivity index (χ0v) is 22.1. The number of likely N-dealkylation sites (N-methyl/N-ethyl adjacent to an activating group) is 1. The molecule has 0 saturated carbocycles. The Morgan fingerprint density at radius 1 is 0.872 bits per heavy atom. The first kappa shape index (κ1) is 28.3. The number of rotatable bonds is 10. The van der Waals surface area contributed by atoms with Gasteiger partial charge >= 0.3 is 0 Å². The van der Waals surface area contributed by atoms with Gasteiger partial charge in [-0.3, -0.25) is 19.6 Å². The molecule has 0 N–H and O–H groups in total. The predicted molar refractivity (Wildman–Crippen MR) is 159 cm³/mol. The summed E-state index contributed by atoms with van der Waals surface area (Å²) in [5, 5.41) is 1.03. The normalized spacial score (nSPS) is 14.0. The lowest BCUT2D eigenvalue weighted by Gasteiger charge is -2.40. The van der Waals surface area contributed by atoms with E-state index in [1.54, 1.807) is 6.20 Å². The van der Waals surface area contributed by atoms with Gasteiger partial charge in [0.2, 0.25) is 5.91 Å². The van der Waals surface area contributed by atoms with Gasteiger partial charge in [0.25, 0.3) is 0 Å². The fourth-order valence-corrected chi connectivity index (χ4v) is 5.24. The van der Waals surface area contributed by atoms with Crippen molar-refractivity contribution >= 4 is 16.8 Å². The van der Waals surface area contributed by atoms with Gasteiger partial charge in [-0.05, 0) is 48.9 Å². The lowest BCUT2D eigenvalue weighted by molar-refractivity contribution is -0.134. The van der Waals surface area contributed by atoms with Crippen LogP contribution in [0.1, 0.15) is 31.0 Å². The number of hydrogen-bond donors (Lipinski definition) is 0. The van der Waals surface area contributed by atoms with E-state index in [0.29, 0.717) is 13.2 Å². The molecule has 1 aliphatic heterocycles. The molecule has 2 heterocycles. The topological polar surface area (TPSA) is 48.9 Å². The number of nitrogens with zero attached hydrogens (tertiary/aromatic N) is 4. The van der Waals surface area contributed by atoms with E-state index < -0.39 is 0 Å². The zero-order chi connectivity index (χ0) is 26.2. The van der Waals surface area contributed by atoms with Crippen molar-refractivity contribution in [3.8, 4) is 5.75 Å². The number of piperazine rings is 1. The molecule has 0 bridgehead atoms. The zero-order valence-electron chi connectivity index (χ0n) is 22.1. The number of fused-ring (bicyclic) bond motifs is 1. The first-order valence-corrected chi connectivity index (χ1v) is 13.5. The minimum absolute atomic E-state index is 0. The molecule has 6 nitrogen and oxygen atoms in total. The fraction of sp³-hybridized carbons (Fsp3) is 0.333. The molecule has 4 aromatic rings. The number of pyridine rings is 1. The molecule has 1 aliphatic rings. The third kappa shape index (κ3) is 7.22. The first-order valence-electron chi connectivity index (χ1n) is 13.5. The summed E-state index contributed by atoms with van der Waals surface area (Å²) >= 11 is 0. The van der Waals surface area contributed by atoms with Gasteiger partial charge in [-0.2, -0.15) is 0 Å². The number of carbonyl (C=O) groups excluding carboxylic acids is 1. The maximum absolute atomic E-state index is 13.1. The Bertz CT molecular complexity index is 1260. The molecule has 39 heavy (non-hydrogen) atoms. The van der Waals surface area contributed by atoms with Crippen LogP contribution in [0.15, 0.2) is 97.2 Å². The van der Waals surface area contributed by atoms with Crippen molar-refractivity contribution in [3.05, 3.63) is 108 Å². The van der Waals surface area contributed by atoms with Crippen LogP contribution in [0.25, 0.3) is 10.9 Å². The van der Waals surface area contributed by atoms with Gasteiger partial charge in [0.05, 0.1) is 24.7 Å². The Balaban J connectivity index is 0.00000353. The van der Waals surface area contributed by atoms with Gasteiger partial charge in [0.1, 0.15) is 5.75 Å². The summed E-state index contributed by atoms with van der Waals surface area (Å²) in [4.78, 5) is 24.0. The van der Waals surface area contributed by atoms with Crippen LogP contribution in [0, 0.1) is 0 Å². The van der Waals surface area contributed by atoms with Crippen molar-refractivity contribution in [2.24, 2.45) is 0 Å². The Morgan fingerprint density at radius 2 is 1.54 bits per heavy atom. The van der Waals surface area contributed by atoms with Gasteiger partial charge in [-0.25, -0.2) is 0 Å². The highest BCUT2D eigenvalue weighted by Gasteiger charge is 2.28. The van der Waals surface area contributed by atoms with E-state index in [9.17, 15) is 4.79 Å². The number of carbonyl (C=O) groups is 1. The molecule has 0 radical (unpaired) electrons. The molecule has 0 unspecified atom stereocenters. The van der Waals surface area contributed by atoms with E-state index in [0.717, 1.165) is 55.8 Å². The smallest absolute Gasteiger partial charge is 0.236 e. The van der Waals surface area contributed by atoms with Gasteiger partial charge in [-0.1, -0.05) is 74.2 Å². The SMILES string of the molecule is C.CN(CCCOc1cccc2ncccc12)CC(=O)N1CCN(C(c2ccccc2)c2ccccc2)CC1. The van der Waals surface area contributed by atoms with Gasteiger partial charge < -0.3 is 9.64 Å². The van der Waals surface area contributed by atoms with E-state index >= 15 is 0 Å². The van der Waals surface area contributed by atoms with Crippen LogP contribution in [-0.4, -0.2) is 78.5 Å². The molecular formula is C33H40N4O2. The van der Waals surface area contributed by atoms with Gasteiger partial charge in [-0.15, -0.1) is 0 Å². The van der Waals surface area contributed by atoms with Crippen LogP contribution >= 0.6 is 0 Å². The summed E-state index contributed by atoms with van der Waals surface area (Å²) in [5.74, 6) is 1.06. The highest BCUT2D eigenvalue weighted by atomic mass is 16.5. The minimum Gasteiger partial charge on any atom is -0.493 e. The Morgan fingerprint density at radius 3 is 2.21 bits per heavy atom. The molecule has 1 amide bonds. The van der Waals surface area contributed by atoms with Crippen molar-refractivity contribution < 1.29 is 9.53 Å². The molecule has 5 rings (SSSR count). The summed E-state index contributed by atoms with van der Waals surface area (Å²) in [6, 6.07) is 31.4. The summed E-state index contributed by atoms with van der Waals surface area (Å²) in [5.41, 5.74) is 3.52. The van der Waals surface area contributed by atoms with Crippen molar-refractivity contribution in [3.63, 3.8) is 0 Å². The van der Waals surface area contributed by atoms with Crippen molar-refractivity contribution in [2.45, 2.75) is 19.9 Å². The summed E-state index contributed by atoms with van der Waals surface area (Å²) < 4.78 is 6.03. The van der Waals surface area contributed by atoms with Crippen molar-refractivity contribution in [1.82, 2.24) is 19.7 Å². The Hall–Kier alpha value is -3.74. The monoisotopic (exact) mass is 524 g/mol. The van der Waals surface area contributed by atoms with Crippen LogP contribution in [0.4, 0.5) is 0 Å². The first-order chi connectivity index (χ1) is 18.7. The molecule has 3 aromatic carbocycles. The lowest BCUT2D eigenvalue weighted by atomic mass is 9.96. The Kier molecular flexibility index (Phi) is 10.1. The third-order valence-corrected chi connectivity index (χ3v) is 7.22. The molecule has 0 aliphatic carbocycles. The number of ether oxygens (including phenoxy) is 1. The predicted octanol–water partition coefficient (Wildman–Crippen LogP) is 5.51. The average Bonchev–Trinajstić information content (AvgIpc) is 2.97. The highest BCUT2D eigenvalue weighted by Crippen LogP contribution is 2.29. The van der Waals surface area contributed by atoms with Crippen LogP contribution in [0.5, 0.6) is 5.75 Å². The number of benzene rings is 3. The summed E-state index contributed by atoms with van der Waals surface area (Å²) in [6.07, 6.45) is 2.65. The molecular weight excluding hydrogens is 484 g/mol. The molecule has 1 fully saturated rings. The molecule has 1 aromatic heterocycles. The van der Waals surface area contributed by atoms with E-state index in [1.807, 2.05) is 42.3 Å². The van der Waals surface area contributed by atoms with E-state index in [1.165, 1.54) is 11.1 Å². The maximum atomic E-state index is 13.1. The Labute approximate surface area is 232 Å². The average molecular weight is 525 g/mol. The second-order valence-corrected chi connectivity index (χ2v) is 9.91. The second-order valence-electron chi connectivity index (χ2n) is 9.91. The largest absolute Gasteiger partial charge is 0.493 e. The second kappa shape index (κ2) is 13.9. The molecule has 204 valence electrons. The number of amides is 1. The third-order valence-electron chi connectivity index (χ3n) is 7.22. The fourth-order valence-electron chi connectivity index (χ4n) is 5.24. The molecule has 0 spiro atoms. The molecule has 1 saturated heterocycles. The molecule has 0 atom stereocenters. The van der Waals surface area contributed by atoms with Crippen molar-refractivity contribution in [1.29, 1.82) is 0 Å². The standard InChI is InChI=1S/C32H36N4O2.CH4/c1-34(19-10-24-38-30-17-8-16-29-28(30)15-9-18-33-29)25-31(37)35-20-22-36(23-21-35)32(26-11-4-2-5-12-26)27-13-6-3-7-14-27;/h2-9,11-18,32H,10,19-25H2,1H3;1H4. The minimum atomic E-state index is 0. The van der Waals surface area contributed by atoms with Crippen LogP contribution in [0.2, 0.25) is 0 Å². The summed E-state index contributed by atoms with van der Waals surface area (Å²) in [6.45, 7) is 5.06. The van der Waals surface area contributed by atoms with Crippen LogP contribution in [-0.2, 0) is 4.79 Å². The maximum Gasteiger partial charge on any atom is 0.236 e.